The quantitative estimate of drug-likeness (QED) is 0.134. The zero-order valence-corrected chi connectivity index (χ0v) is 29.5. The molecule has 0 atom stereocenters. The topological polar surface area (TPSA) is 77.3 Å². The highest BCUT2D eigenvalue weighted by Gasteiger charge is 2.24. The van der Waals surface area contributed by atoms with Crippen molar-refractivity contribution in [2.24, 2.45) is 0 Å². The Bertz CT molecular complexity index is 2250. The van der Waals surface area contributed by atoms with E-state index >= 15 is 0 Å². The van der Waals surface area contributed by atoms with E-state index < -0.39 is 0 Å². The molecule has 6 nitrogen and oxygen atoms in total. The summed E-state index contributed by atoms with van der Waals surface area (Å²) in [6, 6.07) is 48.5. The van der Waals surface area contributed by atoms with Gasteiger partial charge in [0.25, 0.3) is 0 Å². The van der Waals surface area contributed by atoms with Gasteiger partial charge in [0.2, 0.25) is 0 Å². The number of allylic oxidation sites excluding steroid dienone is 5. The molecule has 0 amide bonds. The van der Waals surface area contributed by atoms with Gasteiger partial charge >= 0.3 is 0 Å². The maximum absolute atomic E-state index is 4.90. The molecule has 5 aromatic carbocycles. The molecule has 2 aromatic heterocycles. The van der Waals surface area contributed by atoms with Crippen molar-refractivity contribution >= 4 is 5.57 Å². The van der Waals surface area contributed by atoms with Crippen molar-refractivity contribution in [1.29, 1.82) is 0 Å². The van der Waals surface area contributed by atoms with Crippen molar-refractivity contribution in [3.63, 3.8) is 0 Å². The van der Waals surface area contributed by atoms with Gasteiger partial charge in [0.15, 0.2) is 34.9 Å². The van der Waals surface area contributed by atoms with Gasteiger partial charge < -0.3 is 0 Å². The van der Waals surface area contributed by atoms with E-state index in [9.17, 15) is 0 Å². The van der Waals surface area contributed by atoms with Gasteiger partial charge in [0.1, 0.15) is 0 Å². The van der Waals surface area contributed by atoms with Crippen LogP contribution >= 0.6 is 0 Å². The second-order valence-electron chi connectivity index (χ2n) is 13.0. The molecule has 252 valence electrons. The third kappa shape index (κ3) is 7.42. The molecule has 7 aromatic rings. The second-order valence-corrected chi connectivity index (χ2v) is 13.0. The number of rotatable bonds is 10. The number of nitrogens with zero attached hydrogens (tertiary/aromatic N) is 6. The molecule has 0 aliphatic heterocycles. The average Bonchev–Trinajstić information content (AvgIpc) is 3.22. The Morgan fingerprint density at radius 2 is 0.769 bits per heavy atom. The highest BCUT2D eigenvalue weighted by molar-refractivity contribution is 5.69. The first-order valence-electron chi connectivity index (χ1n) is 17.3. The molecular weight excluding hydrogens is 637 g/mol. The minimum atomic E-state index is -0.357. The minimum absolute atomic E-state index is 0.357. The summed E-state index contributed by atoms with van der Waals surface area (Å²) in [5.41, 5.74) is 7.41. The first kappa shape index (κ1) is 33.8. The third-order valence-electron chi connectivity index (χ3n) is 9.07. The van der Waals surface area contributed by atoms with Crippen LogP contribution in [0, 0.1) is 0 Å². The molecule has 0 aliphatic carbocycles. The summed E-state index contributed by atoms with van der Waals surface area (Å²) < 4.78 is 0. The van der Waals surface area contributed by atoms with Gasteiger partial charge in [-0.25, -0.2) is 29.9 Å². The van der Waals surface area contributed by atoms with Crippen molar-refractivity contribution in [3.8, 4) is 56.9 Å². The Balaban J connectivity index is 1.20. The Morgan fingerprint density at radius 1 is 0.442 bits per heavy atom. The van der Waals surface area contributed by atoms with Crippen LogP contribution in [0.5, 0.6) is 0 Å². The normalized spacial score (nSPS) is 12.1. The Labute approximate surface area is 305 Å². The molecule has 0 N–H and O–H groups in total. The largest absolute Gasteiger partial charge is 0.209 e. The predicted molar refractivity (Wildman–Crippen MR) is 212 cm³/mol. The Kier molecular flexibility index (Phi) is 9.80. The lowest BCUT2D eigenvalue weighted by Crippen LogP contribution is -2.19. The van der Waals surface area contributed by atoms with Gasteiger partial charge in [-0.05, 0) is 23.6 Å². The van der Waals surface area contributed by atoms with Crippen LogP contribution in [0.1, 0.15) is 32.2 Å². The van der Waals surface area contributed by atoms with Crippen LogP contribution in [0.4, 0.5) is 0 Å². The van der Waals surface area contributed by atoms with Crippen LogP contribution in [-0.2, 0) is 5.41 Å². The second kappa shape index (κ2) is 15.1. The van der Waals surface area contributed by atoms with Crippen molar-refractivity contribution < 1.29 is 0 Å². The standard InChI is InChI=1S/C46H38N6/c1-5-38(29-26-32(2)40-47-41(33-18-10-6-11-19-33)49-42(48-40)34-20-12-7-13-21-34)46(3,4)39-30-27-37(28-31-39)45-51-43(35-22-14-8-15-23-35)50-44(52-45)36-24-16-9-17-25-36/h5-31H,1H2,2-4H3/b32-26+,38-29+. The molecule has 0 saturated carbocycles. The molecule has 52 heavy (non-hydrogen) atoms. The van der Waals surface area contributed by atoms with E-state index in [0.717, 1.165) is 44.5 Å². The van der Waals surface area contributed by atoms with E-state index in [2.05, 4.69) is 56.8 Å². The Hall–Kier alpha value is -6.66. The lowest BCUT2D eigenvalue weighted by atomic mass is 9.77. The number of aromatic nitrogens is 6. The van der Waals surface area contributed by atoms with Gasteiger partial charge in [-0.15, -0.1) is 0 Å². The van der Waals surface area contributed by atoms with E-state index in [-0.39, 0.29) is 5.41 Å². The van der Waals surface area contributed by atoms with Gasteiger partial charge in [-0.3, -0.25) is 0 Å². The lowest BCUT2D eigenvalue weighted by molar-refractivity contribution is 0.640. The summed E-state index contributed by atoms with van der Waals surface area (Å²) in [7, 11) is 0. The van der Waals surface area contributed by atoms with Gasteiger partial charge in [-0.1, -0.05) is 184 Å². The van der Waals surface area contributed by atoms with Crippen LogP contribution in [0.2, 0.25) is 0 Å². The average molecular weight is 675 g/mol. The Morgan fingerprint density at radius 3 is 1.12 bits per heavy atom. The van der Waals surface area contributed by atoms with Crippen LogP contribution < -0.4 is 0 Å². The minimum Gasteiger partial charge on any atom is -0.209 e. The SMILES string of the molecule is C=C/C(=C\C=C(/C)c1nc(-c2ccccc2)nc(-c2ccccc2)n1)C(C)(C)c1ccc(-c2nc(-c3ccccc3)nc(-c3ccccc3)n2)cc1. The lowest BCUT2D eigenvalue weighted by Gasteiger charge is -2.27. The molecule has 0 fully saturated rings. The highest BCUT2D eigenvalue weighted by atomic mass is 15.0. The molecule has 6 heteroatoms. The molecule has 2 heterocycles. The molecule has 0 aliphatic rings. The predicted octanol–water partition coefficient (Wildman–Crippen LogP) is 10.9. The third-order valence-corrected chi connectivity index (χ3v) is 9.07. The number of hydrogen-bond acceptors (Lipinski definition) is 6. The monoisotopic (exact) mass is 674 g/mol. The summed E-state index contributed by atoms with van der Waals surface area (Å²) in [5, 5.41) is 0. The van der Waals surface area contributed by atoms with E-state index in [0.29, 0.717) is 34.9 Å². The maximum atomic E-state index is 4.90. The molecule has 0 bridgehead atoms. The van der Waals surface area contributed by atoms with Crippen LogP contribution in [0.15, 0.2) is 176 Å². The molecule has 0 saturated heterocycles. The molecule has 0 radical (unpaired) electrons. The van der Waals surface area contributed by atoms with E-state index in [1.54, 1.807) is 0 Å². The molecule has 0 unspecified atom stereocenters. The zero-order chi connectivity index (χ0) is 35.9. The molecular formula is C46H38N6. The molecule has 0 spiro atoms. The van der Waals surface area contributed by atoms with Crippen molar-refractivity contribution in [2.45, 2.75) is 26.2 Å². The van der Waals surface area contributed by atoms with Gasteiger partial charge in [-0.2, -0.15) is 0 Å². The van der Waals surface area contributed by atoms with Crippen LogP contribution in [0.3, 0.4) is 0 Å². The van der Waals surface area contributed by atoms with Crippen molar-refractivity contribution in [1.82, 2.24) is 29.9 Å². The zero-order valence-electron chi connectivity index (χ0n) is 29.5. The fraction of sp³-hybridized carbons (Fsp3) is 0.0870. The first-order valence-corrected chi connectivity index (χ1v) is 17.3. The summed E-state index contributed by atoms with van der Waals surface area (Å²) in [6.45, 7) is 10.6. The maximum Gasteiger partial charge on any atom is 0.164 e. The first-order chi connectivity index (χ1) is 25.4. The van der Waals surface area contributed by atoms with Crippen molar-refractivity contribution in [2.75, 3.05) is 0 Å². The number of hydrogen-bond donors (Lipinski definition) is 0. The summed E-state index contributed by atoms with van der Waals surface area (Å²) >= 11 is 0. The van der Waals surface area contributed by atoms with Gasteiger partial charge in [0, 0.05) is 33.2 Å². The van der Waals surface area contributed by atoms with Gasteiger partial charge in [0.05, 0.1) is 0 Å². The van der Waals surface area contributed by atoms with E-state index in [1.807, 2.05) is 134 Å². The fourth-order valence-corrected chi connectivity index (χ4v) is 5.95. The fourth-order valence-electron chi connectivity index (χ4n) is 5.95. The summed E-state index contributed by atoms with van der Waals surface area (Å²) in [4.78, 5) is 29.2. The summed E-state index contributed by atoms with van der Waals surface area (Å²) in [5.74, 6) is 3.79. The van der Waals surface area contributed by atoms with Crippen LogP contribution in [0.25, 0.3) is 62.5 Å². The van der Waals surface area contributed by atoms with E-state index in [1.165, 1.54) is 0 Å². The number of benzene rings is 5. The summed E-state index contributed by atoms with van der Waals surface area (Å²) in [6.07, 6.45) is 6.09. The smallest absolute Gasteiger partial charge is 0.164 e. The molecule has 7 rings (SSSR count). The van der Waals surface area contributed by atoms with E-state index in [4.69, 9.17) is 29.9 Å². The van der Waals surface area contributed by atoms with Crippen molar-refractivity contribution in [3.05, 3.63) is 187 Å². The van der Waals surface area contributed by atoms with Crippen LogP contribution in [-0.4, -0.2) is 29.9 Å². The highest BCUT2D eigenvalue weighted by Crippen LogP contribution is 2.34.